The number of carbonyl (C=O) groups is 1. The first-order valence-corrected chi connectivity index (χ1v) is 15.4. The number of methoxy groups -OCH3 is 2. The summed E-state index contributed by atoms with van der Waals surface area (Å²) >= 11 is 0. The Morgan fingerprint density at radius 2 is 1.88 bits per heavy atom. The van der Waals surface area contributed by atoms with Gasteiger partial charge in [-0.15, -0.1) is 0 Å². The predicted molar refractivity (Wildman–Crippen MR) is 157 cm³/mol. The molecule has 230 valence electrons. The number of aliphatic hydroxyl groups is 1. The van der Waals surface area contributed by atoms with Gasteiger partial charge >= 0.3 is 0 Å². The molecule has 1 aromatic carbocycles. The van der Waals surface area contributed by atoms with Crippen LogP contribution in [0.5, 0.6) is 0 Å². The Morgan fingerprint density at radius 1 is 1.14 bits per heavy atom. The second-order valence-corrected chi connectivity index (χ2v) is 13.7. The fraction of sp³-hybridized carbons (Fsp3) is 0.774. The molecule has 4 aliphatic carbocycles. The number of rotatable bonds is 9. The third kappa shape index (κ3) is 4.98. The molecule has 0 aliphatic heterocycles. The number of amides is 1. The summed E-state index contributed by atoms with van der Waals surface area (Å²) in [6.45, 7) is 5.08. The molecule has 7 atom stereocenters. The molecule has 11 nitrogen and oxygen atoms in total. The van der Waals surface area contributed by atoms with E-state index in [0.717, 1.165) is 44.9 Å². The normalized spacial score (nSPS) is 36.6. The Hall–Kier alpha value is -2.72. The van der Waals surface area contributed by atoms with Gasteiger partial charge in [0.05, 0.1) is 10.5 Å². The molecule has 4 aliphatic rings. The summed E-state index contributed by atoms with van der Waals surface area (Å²) in [5.74, 6) is 1.28. The lowest BCUT2D eigenvalue weighted by molar-refractivity contribution is -0.385. The SMILES string of the molecule is COC1(OC)CC[C@@]2(C)[C@@H](CC[C@@H]3[C@@H]2CC[C@@]2(C)[C@H]3CC[C@@]2(O)CCCNC(=O)c2cc(N=[N+]=[N-])ccc2[N+](=O)[O-])C1. The molecule has 1 amide bonds. The summed E-state index contributed by atoms with van der Waals surface area (Å²) in [5, 5.41) is 29.8. The van der Waals surface area contributed by atoms with Crippen LogP contribution in [0.3, 0.4) is 0 Å². The van der Waals surface area contributed by atoms with Gasteiger partial charge in [-0.05, 0) is 110 Å². The third-order valence-electron chi connectivity index (χ3n) is 12.4. The lowest BCUT2D eigenvalue weighted by Gasteiger charge is -2.62. The van der Waals surface area contributed by atoms with Crippen molar-refractivity contribution < 1.29 is 24.3 Å². The zero-order valence-electron chi connectivity index (χ0n) is 25.3. The molecule has 0 unspecified atom stereocenters. The van der Waals surface area contributed by atoms with Crippen LogP contribution in [0.25, 0.3) is 10.4 Å². The number of benzene rings is 1. The van der Waals surface area contributed by atoms with Gasteiger partial charge in [-0.25, -0.2) is 0 Å². The van der Waals surface area contributed by atoms with E-state index >= 15 is 0 Å². The predicted octanol–water partition coefficient (Wildman–Crippen LogP) is 6.81. The summed E-state index contributed by atoms with van der Waals surface area (Å²) < 4.78 is 11.7. The minimum Gasteiger partial charge on any atom is -0.389 e. The van der Waals surface area contributed by atoms with Gasteiger partial charge in [0.15, 0.2) is 5.79 Å². The number of hydrogen-bond donors (Lipinski definition) is 2. The molecule has 2 N–H and O–H groups in total. The Balaban J connectivity index is 1.22. The smallest absolute Gasteiger partial charge is 0.282 e. The Labute approximate surface area is 247 Å². The lowest BCUT2D eigenvalue weighted by atomic mass is 9.44. The first kappa shape index (κ1) is 30.7. The maximum absolute atomic E-state index is 12.8. The van der Waals surface area contributed by atoms with Gasteiger partial charge in [0.2, 0.25) is 0 Å². The largest absolute Gasteiger partial charge is 0.389 e. The zero-order chi connectivity index (χ0) is 30.3. The summed E-state index contributed by atoms with van der Waals surface area (Å²) in [7, 11) is 3.53. The van der Waals surface area contributed by atoms with E-state index in [1.807, 2.05) is 0 Å². The van der Waals surface area contributed by atoms with Crippen molar-refractivity contribution in [2.75, 3.05) is 20.8 Å². The lowest BCUT2D eigenvalue weighted by Crippen LogP contribution is -2.58. The molecule has 5 rings (SSSR count). The fourth-order valence-corrected chi connectivity index (χ4v) is 9.83. The minimum atomic E-state index is -0.799. The van der Waals surface area contributed by atoms with Crippen molar-refractivity contribution in [3.8, 4) is 0 Å². The zero-order valence-corrected chi connectivity index (χ0v) is 25.3. The molecule has 4 fully saturated rings. The number of nitrogens with one attached hydrogen (secondary N) is 1. The van der Waals surface area contributed by atoms with Crippen LogP contribution in [0.1, 0.15) is 94.8 Å². The molecular weight excluding hydrogens is 538 g/mol. The topological polar surface area (TPSA) is 160 Å². The van der Waals surface area contributed by atoms with E-state index in [1.54, 1.807) is 14.2 Å². The first-order chi connectivity index (χ1) is 20.0. The molecular formula is C31H45N5O6. The van der Waals surface area contributed by atoms with Crippen LogP contribution in [0, 0.1) is 44.6 Å². The number of nitrogens with zero attached hydrogens (tertiary/aromatic N) is 4. The Kier molecular flexibility index (Phi) is 8.35. The number of hydrogen-bond acceptors (Lipinski definition) is 7. The highest BCUT2D eigenvalue weighted by Gasteiger charge is 2.65. The molecule has 0 saturated heterocycles. The summed E-state index contributed by atoms with van der Waals surface area (Å²) in [6.07, 6.45) is 10.4. The highest BCUT2D eigenvalue weighted by Crippen LogP contribution is 2.69. The van der Waals surface area contributed by atoms with Gasteiger partial charge in [-0.1, -0.05) is 19.0 Å². The van der Waals surface area contributed by atoms with E-state index in [-0.39, 0.29) is 34.3 Å². The van der Waals surface area contributed by atoms with Crippen LogP contribution in [-0.4, -0.2) is 48.1 Å². The Morgan fingerprint density at radius 3 is 2.57 bits per heavy atom. The van der Waals surface area contributed by atoms with Crippen molar-refractivity contribution in [1.29, 1.82) is 0 Å². The van der Waals surface area contributed by atoms with E-state index in [1.165, 1.54) is 31.0 Å². The van der Waals surface area contributed by atoms with Crippen molar-refractivity contribution in [1.82, 2.24) is 5.32 Å². The van der Waals surface area contributed by atoms with Crippen molar-refractivity contribution in [2.45, 2.75) is 95.9 Å². The molecule has 0 heterocycles. The van der Waals surface area contributed by atoms with Crippen LogP contribution in [-0.2, 0) is 9.47 Å². The van der Waals surface area contributed by atoms with Gasteiger partial charge in [0, 0.05) is 50.3 Å². The Bertz CT molecular complexity index is 1260. The average molecular weight is 584 g/mol. The molecule has 11 heteroatoms. The van der Waals surface area contributed by atoms with Crippen LogP contribution >= 0.6 is 0 Å². The van der Waals surface area contributed by atoms with E-state index in [2.05, 4.69) is 29.2 Å². The molecule has 42 heavy (non-hydrogen) atoms. The number of nitro benzene ring substituents is 1. The first-order valence-electron chi connectivity index (χ1n) is 15.4. The number of fused-ring (bicyclic) bond motifs is 5. The van der Waals surface area contributed by atoms with Crippen molar-refractivity contribution in [3.05, 3.63) is 44.3 Å². The van der Waals surface area contributed by atoms with Crippen molar-refractivity contribution in [2.24, 2.45) is 39.6 Å². The number of ether oxygens (including phenoxy) is 2. The van der Waals surface area contributed by atoms with Crippen LogP contribution in [0.2, 0.25) is 0 Å². The number of nitro groups is 1. The van der Waals surface area contributed by atoms with Gasteiger partial charge in [0.1, 0.15) is 5.56 Å². The second kappa shape index (κ2) is 11.4. The van der Waals surface area contributed by atoms with Crippen LogP contribution in [0.4, 0.5) is 11.4 Å². The van der Waals surface area contributed by atoms with Gasteiger partial charge in [-0.3, -0.25) is 14.9 Å². The quantitative estimate of drug-likeness (QED) is 0.0617. The highest BCUT2D eigenvalue weighted by atomic mass is 16.7. The minimum absolute atomic E-state index is 0.135. The van der Waals surface area contributed by atoms with E-state index in [9.17, 15) is 20.0 Å². The summed E-state index contributed by atoms with van der Waals surface area (Å²) in [4.78, 5) is 26.4. The molecule has 0 bridgehead atoms. The molecule has 0 radical (unpaired) electrons. The van der Waals surface area contributed by atoms with Crippen molar-refractivity contribution in [3.63, 3.8) is 0 Å². The standard InChI is InChI=1S/C31H45N5O6/c1-28-15-16-31(41-3,42-4)19-20(28)6-8-22-24(28)10-13-29(2)25(22)11-14-30(29,38)12-5-17-33-27(37)23-18-21(34-35-32)7-9-26(23)36(39)40/h7,9,18,20,22,24-25,38H,5-6,8,10-17,19H2,1-4H3,(H,33,37)/t20-,22+,24-,25-,28-,29-,30-/m0/s1. The third-order valence-corrected chi connectivity index (χ3v) is 12.4. The van der Waals surface area contributed by atoms with Gasteiger partial charge in [-0.2, -0.15) is 0 Å². The van der Waals surface area contributed by atoms with E-state index in [0.29, 0.717) is 36.5 Å². The average Bonchev–Trinajstić information content (AvgIpc) is 3.25. The molecule has 0 spiro atoms. The molecule has 4 saturated carbocycles. The molecule has 1 aromatic rings. The van der Waals surface area contributed by atoms with Gasteiger partial charge < -0.3 is 19.9 Å². The van der Waals surface area contributed by atoms with Crippen LogP contribution < -0.4 is 5.32 Å². The van der Waals surface area contributed by atoms with E-state index < -0.39 is 22.2 Å². The molecule has 0 aromatic heterocycles. The second-order valence-electron chi connectivity index (χ2n) is 13.7. The van der Waals surface area contributed by atoms with Crippen LogP contribution in [0.15, 0.2) is 23.3 Å². The summed E-state index contributed by atoms with van der Waals surface area (Å²) in [6, 6.07) is 3.71. The van der Waals surface area contributed by atoms with Gasteiger partial charge in [0.25, 0.3) is 11.6 Å². The monoisotopic (exact) mass is 583 g/mol. The number of carbonyl (C=O) groups excluding carboxylic acids is 1. The fourth-order valence-electron chi connectivity index (χ4n) is 9.83. The maximum Gasteiger partial charge on any atom is 0.282 e. The number of azide groups is 1. The van der Waals surface area contributed by atoms with Crippen molar-refractivity contribution >= 4 is 17.3 Å². The summed E-state index contributed by atoms with van der Waals surface area (Å²) in [5.41, 5.74) is 7.64. The maximum atomic E-state index is 12.8. The van der Waals surface area contributed by atoms with E-state index in [4.69, 9.17) is 15.0 Å². The highest BCUT2D eigenvalue weighted by molar-refractivity contribution is 5.98.